The second-order valence-corrected chi connectivity index (χ2v) is 6.58. The highest BCUT2D eigenvalue weighted by Gasteiger charge is 2.19. The Bertz CT molecular complexity index is 800. The number of Topliss-reactive ketones (excluding diaryl/α,β-unsaturated/α-hetero) is 1. The summed E-state index contributed by atoms with van der Waals surface area (Å²) in [6, 6.07) is 11.4. The van der Waals surface area contributed by atoms with E-state index >= 15 is 0 Å². The number of hydrogen-bond donors (Lipinski definition) is 0. The fourth-order valence-electron chi connectivity index (χ4n) is 2.94. The molecule has 0 N–H and O–H groups in total. The van der Waals surface area contributed by atoms with E-state index in [0.717, 1.165) is 22.6 Å². The van der Waals surface area contributed by atoms with Crippen LogP contribution in [0.15, 0.2) is 48.0 Å². The average Bonchev–Trinajstić information content (AvgIpc) is 2.69. The number of benzene rings is 2. The van der Waals surface area contributed by atoms with Crippen LogP contribution in [-0.2, 0) is 12.8 Å². The van der Waals surface area contributed by atoms with Gasteiger partial charge in [-0.1, -0.05) is 23.8 Å². The molecule has 2 aromatic rings. The van der Waals surface area contributed by atoms with E-state index < -0.39 is 0 Å². The Labute approximate surface area is 161 Å². The van der Waals surface area contributed by atoms with Crippen molar-refractivity contribution in [2.45, 2.75) is 33.1 Å². The summed E-state index contributed by atoms with van der Waals surface area (Å²) in [5.41, 5.74) is 3.80. The molecule has 2 aromatic carbocycles. The molecule has 0 saturated heterocycles. The summed E-state index contributed by atoms with van der Waals surface area (Å²) >= 11 is 0. The van der Waals surface area contributed by atoms with Crippen LogP contribution >= 0.6 is 0 Å². The van der Waals surface area contributed by atoms with Gasteiger partial charge in [0.1, 0.15) is 17.2 Å². The van der Waals surface area contributed by atoms with Gasteiger partial charge in [0.25, 0.3) is 0 Å². The van der Waals surface area contributed by atoms with Crippen LogP contribution in [0.3, 0.4) is 0 Å². The van der Waals surface area contributed by atoms with Crippen molar-refractivity contribution in [3.63, 3.8) is 0 Å². The molecule has 0 unspecified atom stereocenters. The number of ketones is 1. The van der Waals surface area contributed by atoms with E-state index in [1.54, 1.807) is 27.4 Å². The highest BCUT2D eigenvalue weighted by molar-refractivity contribution is 5.99. The lowest BCUT2D eigenvalue weighted by atomic mass is 9.97. The highest BCUT2D eigenvalue weighted by Crippen LogP contribution is 2.34. The molecule has 2 rings (SSSR count). The van der Waals surface area contributed by atoms with Gasteiger partial charge < -0.3 is 14.2 Å². The smallest absolute Gasteiger partial charge is 0.166 e. The van der Waals surface area contributed by atoms with Gasteiger partial charge in [0, 0.05) is 12.0 Å². The summed E-state index contributed by atoms with van der Waals surface area (Å²) in [4.78, 5) is 12.8. The molecule has 0 amide bonds. The molecule has 0 aromatic heterocycles. The summed E-state index contributed by atoms with van der Waals surface area (Å²) in [6.07, 6.45) is 3.85. The minimum Gasteiger partial charge on any atom is -0.497 e. The second-order valence-electron chi connectivity index (χ2n) is 6.58. The summed E-state index contributed by atoms with van der Waals surface area (Å²) in [6.45, 7) is 4.09. The van der Waals surface area contributed by atoms with Crippen molar-refractivity contribution in [3.8, 4) is 17.2 Å². The average molecular weight is 368 g/mol. The first kappa shape index (κ1) is 20.6. The number of rotatable bonds is 9. The lowest BCUT2D eigenvalue weighted by molar-refractivity contribution is 0.0979. The van der Waals surface area contributed by atoms with Gasteiger partial charge in [-0.25, -0.2) is 0 Å². The van der Waals surface area contributed by atoms with Crippen molar-refractivity contribution < 1.29 is 19.0 Å². The summed E-state index contributed by atoms with van der Waals surface area (Å²) in [5, 5.41) is 0. The van der Waals surface area contributed by atoms with Crippen LogP contribution in [0.5, 0.6) is 17.2 Å². The van der Waals surface area contributed by atoms with Crippen molar-refractivity contribution in [2.75, 3.05) is 21.3 Å². The Morgan fingerprint density at radius 2 is 1.63 bits per heavy atom. The van der Waals surface area contributed by atoms with Crippen molar-refractivity contribution in [1.82, 2.24) is 0 Å². The quantitative estimate of drug-likeness (QED) is 0.460. The summed E-state index contributed by atoms with van der Waals surface area (Å²) in [5.74, 6) is 2.21. The van der Waals surface area contributed by atoms with E-state index in [1.165, 1.54) is 5.57 Å². The zero-order valence-corrected chi connectivity index (χ0v) is 16.8. The zero-order chi connectivity index (χ0) is 19.8. The Morgan fingerprint density at radius 3 is 2.19 bits per heavy atom. The molecule has 0 heterocycles. The molecule has 27 heavy (non-hydrogen) atoms. The minimum absolute atomic E-state index is 0.0590. The van der Waals surface area contributed by atoms with E-state index in [2.05, 4.69) is 6.08 Å². The molecule has 0 radical (unpaired) electrons. The third-order valence-corrected chi connectivity index (χ3v) is 4.46. The molecular formula is C23H28O4. The normalized spacial score (nSPS) is 10.3. The van der Waals surface area contributed by atoms with Crippen LogP contribution in [-0.4, -0.2) is 27.1 Å². The third kappa shape index (κ3) is 5.36. The van der Waals surface area contributed by atoms with Gasteiger partial charge in [0.05, 0.1) is 26.9 Å². The molecule has 4 nitrogen and oxygen atoms in total. The van der Waals surface area contributed by atoms with Crippen LogP contribution in [0.25, 0.3) is 0 Å². The van der Waals surface area contributed by atoms with Gasteiger partial charge in [-0.15, -0.1) is 0 Å². The van der Waals surface area contributed by atoms with Crippen LogP contribution in [0.4, 0.5) is 0 Å². The molecular weight excluding hydrogens is 340 g/mol. The standard InChI is InChI=1S/C23H28O4/c1-16(2)6-12-20-22(26-4)15-13-19(23(20)27-5)21(24)14-9-17-7-10-18(25-3)11-8-17/h6-8,10-11,13,15H,9,12,14H2,1-5H3. The van der Waals surface area contributed by atoms with Crippen molar-refractivity contribution in [2.24, 2.45) is 0 Å². The molecule has 0 spiro atoms. The van der Waals surface area contributed by atoms with Gasteiger partial charge in [0.2, 0.25) is 0 Å². The summed E-state index contributed by atoms with van der Waals surface area (Å²) in [7, 11) is 4.87. The largest absolute Gasteiger partial charge is 0.497 e. The van der Waals surface area contributed by atoms with Crippen molar-refractivity contribution >= 4 is 5.78 Å². The molecule has 0 saturated carbocycles. The third-order valence-electron chi connectivity index (χ3n) is 4.46. The van der Waals surface area contributed by atoms with Crippen LogP contribution in [0.1, 0.15) is 41.8 Å². The minimum atomic E-state index is 0.0590. The summed E-state index contributed by atoms with van der Waals surface area (Å²) < 4.78 is 16.3. The van der Waals surface area contributed by atoms with E-state index in [9.17, 15) is 4.79 Å². The first-order valence-electron chi connectivity index (χ1n) is 9.03. The van der Waals surface area contributed by atoms with E-state index in [4.69, 9.17) is 14.2 Å². The number of hydrogen-bond acceptors (Lipinski definition) is 4. The number of carbonyl (C=O) groups excluding carboxylic acids is 1. The second kappa shape index (κ2) is 9.81. The van der Waals surface area contributed by atoms with Crippen molar-refractivity contribution in [1.29, 1.82) is 0 Å². The number of aryl methyl sites for hydroxylation is 1. The molecule has 0 aliphatic carbocycles. The maximum atomic E-state index is 12.8. The fraction of sp³-hybridized carbons (Fsp3) is 0.348. The SMILES string of the molecule is COc1ccc(CCC(=O)c2ccc(OC)c(CC=C(C)C)c2OC)cc1. The van der Waals surface area contributed by atoms with Gasteiger partial charge in [0.15, 0.2) is 5.78 Å². The maximum Gasteiger partial charge on any atom is 0.166 e. The predicted octanol–water partition coefficient (Wildman–Crippen LogP) is 5.04. The molecule has 4 heteroatoms. The van der Waals surface area contributed by atoms with E-state index in [-0.39, 0.29) is 5.78 Å². The van der Waals surface area contributed by atoms with Crippen molar-refractivity contribution in [3.05, 3.63) is 64.7 Å². The predicted molar refractivity (Wildman–Crippen MR) is 108 cm³/mol. The molecule has 0 bridgehead atoms. The topological polar surface area (TPSA) is 44.8 Å². The van der Waals surface area contributed by atoms with E-state index in [0.29, 0.717) is 30.6 Å². The van der Waals surface area contributed by atoms with Crippen LogP contribution in [0, 0.1) is 0 Å². The first-order chi connectivity index (χ1) is 13.0. The molecule has 0 fully saturated rings. The van der Waals surface area contributed by atoms with Crippen LogP contribution in [0.2, 0.25) is 0 Å². The molecule has 0 atom stereocenters. The number of allylic oxidation sites excluding steroid dienone is 2. The molecule has 144 valence electrons. The van der Waals surface area contributed by atoms with Gasteiger partial charge in [-0.2, -0.15) is 0 Å². The zero-order valence-electron chi connectivity index (χ0n) is 16.8. The Balaban J connectivity index is 2.23. The Morgan fingerprint density at radius 1 is 0.926 bits per heavy atom. The first-order valence-corrected chi connectivity index (χ1v) is 9.03. The van der Waals surface area contributed by atoms with Gasteiger partial charge >= 0.3 is 0 Å². The lowest BCUT2D eigenvalue weighted by Gasteiger charge is -2.16. The Kier molecular flexibility index (Phi) is 7.47. The monoisotopic (exact) mass is 368 g/mol. The molecule has 0 aliphatic heterocycles. The number of methoxy groups -OCH3 is 3. The number of ether oxygens (including phenoxy) is 3. The van der Waals surface area contributed by atoms with E-state index in [1.807, 2.05) is 44.2 Å². The van der Waals surface area contributed by atoms with Crippen LogP contribution < -0.4 is 14.2 Å². The fourth-order valence-corrected chi connectivity index (χ4v) is 2.94. The number of carbonyl (C=O) groups is 1. The maximum absolute atomic E-state index is 12.8. The molecule has 0 aliphatic rings. The Hall–Kier alpha value is -2.75. The van der Waals surface area contributed by atoms with Gasteiger partial charge in [-0.05, 0) is 56.5 Å². The lowest BCUT2D eigenvalue weighted by Crippen LogP contribution is -2.07. The van der Waals surface area contributed by atoms with Gasteiger partial charge in [-0.3, -0.25) is 4.79 Å². The highest BCUT2D eigenvalue weighted by atomic mass is 16.5.